The van der Waals surface area contributed by atoms with Crippen LogP contribution >= 0.6 is 11.6 Å². The van der Waals surface area contributed by atoms with Crippen LogP contribution in [0.4, 0.5) is 0 Å². The van der Waals surface area contributed by atoms with E-state index in [4.69, 9.17) is 11.6 Å². The Labute approximate surface area is 142 Å². The van der Waals surface area contributed by atoms with E-state index in [-0.39, 0.29) is 0 Å². The van der Waals surface area contributed by atoms with Crippen LogP contribution in [0.5, 0.6) is 0 Å². The van der Waals surface area contributed by atoms with E-state index in [2.05, 4.69) is 48.3 Å². The van der Waals surface area contributed by atoms with Gasteiger partial charge in [0.05, 0.1) is 0 Å². The molecule has 1 unspecified atom stereocenters. The normalized spacial score (nSPS) is 17.1. The highest BCUT2D eigenvalue weighted by Crippen LogP contribution is 2.31. The molecule has 3 rings (SSSR count). The molecule has 0 aliphatic carbocycles. The van der Waals surface area contributed by atoms with Crippen LogP contribution in [-0.4, -0.2) is 11.4 Å². The molecule has 0 saturated carbocycles. The summed E-state index contributed by atoms with van der Waals surface area (Å²) >= 11 is 6.02. The summed E-state index contributed by atoms with van der Waals surface area (Å²) in [7, 11) is 0. The summed E-state index contributed by atoms with van der Waals surface area (Å²) in [5.74, 6) is 0.347. The Hall–Kier alpha value is -1.93. The van der Waals surface area contributed by atoms with Crippen molar-refractivity contribution in [3.05, 3.63) is 70.2 Å². The average molecular weight is 325 g/mol. The van der Waals surface area contributed by atoms with Crippen molar-refractivity contribution in [3.63, 3.8) is 0 Å². The van der Waals surface area contributed by atoms with Crippen LogP contribution in [0.1, 0.15) is 55.7 Å². The third kappa shape index (κ3) is 3.37. The molecule has 1 aliphatic heterocycles. The van der Waals surface area contributed by atoms with Gasteiger partial charge in [0.2, 0.25) is 0 Å². The van der Waals surface area contributed by atoms with Crippen molar-refractivity contribution in [3.8, 4) is 0 Å². The highest BCUT2D eigenvalue weighted by atomic mass is 35.5. The molecule has 2 nitrogen and oxygen atoms in total. The Kier molecular flexibility index (Phi) is 4.92. The maximum Gasteiger partial charge on any atom is 0.100 e. The Morgan fingerprint density at radius 1 is 1.00 bits per heavy atom. The van der Waals surface area contributed by atoms with Gasteiger partial charge in [0.1, 0.15) is 5.71 Å². The van der Waals surface area contributed by atoms with Crippen LogP contribution < -0.4 is 0 Å². The van der Waals surface area contributed by atoms with Gasteiger partial charge in [0, 0.05) is 27.8 Å². The molecule has 0 saturated heterocycles. The van der Waals surface area contributed by atoms with E-state index in [1.54, 1.807) is 0 Å². The fourth-order valence-corrected chi connectivity index (χ4v) is 3.21. The lowest BCUT2D eigenvalue weighted by molar-refractivity contribution is 0.681. The lowest BCUT2D eigenvalue weighted by Crippen LogP contribution is -2.12. The molecule has 1 heterocycles. The highest BCUT2D eigenvalue weighted by Gasteiger charge is 2.23. The molecule has 0 radical (unpaired) electrons. The van der Waals surface area contributed by atoms with Crippen molar-refractivity contribution in [2.45, 2.75) is 39.0 Å². The minimum Gasteiger partial charge on any atom is -0.159 e. The van der Waals surface area contributed by atoms with Crippen molar-refractivity contribution in [1.82, 2.24) is 0 Å². The second-order valence-corrected chi connectivity index (χ2v) is 6.42. The van der Waals surface area contributed by atoms with Crippen LogP contribution in [0.3, 0.4) is 0 Å². The monoisotopic (exact) mass is 324 g/mol. The molecular formula is C20H21ClN2. The summed E-state index contributed by atoms with van der Waals surface area (Å²) in [6.07, 6.45) is 3.51. The fraction of sp³-hybridized carbons (Fsp3) is 0.300. The fourth-order valence-electron chi connectivity index (χ4n) is 3.09. The lowest BCUT2D eigenvalue weighted by atomic mass is 9.85. The predicted octanol–water partition coefficient (Wildman–Crippen LogP) is 5.84. The van der Waals surface area contributed by atoms with Gasteiger partial charge in [-0.25, -0.2) is 0 Å². The summed E-state index contributed by atoms with van der Waals surface area (Å²) < 4.78 is 0. The van der Waals surface area contributed by atoms with Gasteiger partial charge >= 0.3 is 0 Å². The van der Waals surface area contributed by atoms with Gasteiger partial charge in [-0.3, -0.25) is 0 Å². The van der Waals surface area contributed by atoms with Gasteiger partial charge in [-0.2, -0.15) is 5.10 Å². The minimum absolute atomic E-state index is 0.347. The molecule has 2 aromatic rings. The van der Waals surface area contributed by atoms with Crippen molar-refractivity contribution >= 4 is 23.0 Å². The third-order valence-corrected chi connectivity index (χ3v) is 4.62. The van der Waals surface area contributed by atoms with Crippen LogP contribution in [-0.2, 0) is 0 Å². The summed E-state index contributed by atoms with van der Waals surface area (Å²) in [5, 5.41) is 9.82. The predicted molar refractivity (Wildman–Crippen MR) is 98.9 cm³/mol. The van der Waals surface area contributed by atoms with E-state index >= 15 is 0 Å². The van der Waals surface area contributed by atoms with Crippen LogP contribution in [0, 0.1) is 0 Å². The SMILES string of the molecule is CCCCC1C(C)=NN=C(c2ccc(Cl)cc2)c2ccccc21. The second-order valence-electron chi connectivity index (χ2n) is 5.98. The van der Waals surface area contributed by atoms with Gasteiger partial charge in [0.15, 0.2) is 0 Å². The Morgan fingerprint density at radius 3 is 2.48 bits per heavy atom. The molecule has 23 heavy (non-hydrogen) atoms. The first-order chi connectivity index (χ1) is 11.2. The molecule has 0 spiro atoms. The van der Waals surface area contributed by atoms with E-state index < -0.39 is 0 Å². The van der Waals surface area contributed by atoms with Crippen molar-refractivity contribution in [2.24, 2.45) is 10.2 Å². The maximum atomic E-state index is 6.02. The van der Waals surface area contributed by atoms with Gasteiger partial charge < -0.3 is 0 Å². The Bertz CT molecular complexity index is 744. The number of halogens is 1. The Balaban J connectivity index is 2.09. The zero-order chi connectivity index (χ0) is 16.2. The highest BCUT2D eigenvalue weighted by molar-refractivity contribution is 6.30. The smallest absolute Gasteiger partial charge is 0.100 e. The second kappa shape index (κ2) is 7.10. The van der Waals surface area contributed by atoms with Crippen molar-refractivity contribution in [1.29, 1.82) is 0 Å². The topological polar surface area (TPSA) is 24.7 Å². The number of fused-ring (bicyclic) bond motifs is 1. The van der Waals surface area contributed by atoms with Crippen molar-refractivity contribution < 1.29 is 0 Å². The summed E-state index contributed by atoms with van der Waals surface area (Å²) in [6, 6.07) is 16.4. The molecule has 0 amide bonds. The largest absolute Gasteiger partial charge is 0.159 e. The molecule has 0 fully saturated rings. The van der Waals surface area contributed by atoms with E-state index in [1.165, 1.54) is 24.0 Å². The average Bonchev–Trinajstić information content (AvgIpc) is 2.71. The number of rotatable bonds is 4. The van der Waals surface area contributed by atoms with Gasteiger partial charge in [-0.1, -0.05) is 67.8 Å². The van der Waals surface area contributed by atoms with Gasteiger partial charge in [-0.15, -0.1) is 5.10 Å². The quantitative estimate of drug-likeness (QED) is 0.675. The molecule has 0 N–H and O–H groups in total. The molecule has 0 aromatic heterocycles. The lowest BCUT2D eigenvalue weighted by Gasteiger charge is -2.18. The zero-order valence-electron chi connectivity index (χ0n) is 13.6. The van der Waals surface area contributed by atoms with E-state index in [1.807, 2.05) is 24.3 Å². The standard InChI is InChI=1S/C20H21ClN2/c1-3-4-7-17-14(2)22-23-20(15-10-12-16(21)13-11-15)19-9-6-5-8-18(17)19/h5-6,8-13,17H,3-4,7H2,1-2H3. The number of hydrogen-bond acceptors (Lipinski definition) is 2. The van der Waals surface area contributed by atoms with Crippen LogP contribution in [0.15, 0.2) is 58.7 Å². The van der Waals surface area contributed by atoms with Crippen LogP contribution in [0.2, 0.25) is 5.02 Å². The maximum absolute atomic E-state index is 6.02. The molecule has 118 valence electrons. The number of hydrogen-bond donors (Lipinski definition) is 0. The molecule has 0 bridgehead atoms. The first-order valence-electron chi connectivity index (χ1n) is 8.18. The van der Waals surface area contributed by atoms with E-state index in [9.17, 15) is 0 Å². The molecular weight excluding hydrogens is 304 g/mol. The third-order valence-electron chi connectivity index (χ3n) is 4.37. The molecule has 1 aliphatic rings. The molecule has 2 aromatic carbocycles. The molecule has 3 heteroatoms. The van der Waals surface area contributed by atoms with Gasteiger partial charge in [-0.05, 0) is 31.0 Å². The summed E-state index contributed by atoms with van der Waals surface area (Å²) in [5.41, 5.74) is 5.57. The van der Waals surface area contributed by atoms with E-state index in [0.29, 0.717) is 5.92 Å². The first kappa shape index (κ1) is 15.9. The van der Waals surface area contributed by atoms with Crippen LogP contribution in [0.25, 0.3) is 0 Å². The Morgan fingerprint density at radius 2 is 1.74 bits per heavy atom. The number of nitrogens with zero attached hydrogens (tertiary/aromatic N) is 2. The first-order valence-corrected chi connectivity index (χ1v) is 8.56. The summed E-state index contributed by atoms with van der Waals surface area (Å²) in [4.78, 5) is 0. The number of benzene rings is 2. The minimum atomic E-state index is 0.347. The van der Waals surface area contributed by atoms with E-state index in [0.717, 1.165) is 28.4 Å². The summed E-state index contributed by atoms with van der Waals surface area (Å²) in [6.45, 7) is 4.32. The van der Waals surface area contributed by atoms with Gasteiger partial charge in [0.25, 0.3) is 0 Å². The number of unbranched alkanes of at least 4 members (excludes halogenated alkanes) is 1. The zero-order valence-corrected chi connectivity index (χ0v) is 14.3. The molecule has 1 atom stereocenters. The van der Waals surface area contributed by atoms with Crippen molar-refractivity contribution in [2.75, 3.05) is 0 Å².